The summed E-state index contributed by atoms with van der Waals surface area (Å²) in [6.07, 6.45) is -0.0674. The van der Waals surface area contributed by atoms with Crippen LogP contribution in [0.3, 0.4) is 0 Å². The van der Waals surface area contributed by atoms with Crippen molar-refractivity contribution >= 4 is 23.3 Å². The summed E-state index contributed by atoms with van der Waals surface area (Å²) in [6, 6.07) is 1.36. The van der Waals surface area contributed by atoms with Gasteiger partial charge in [-0.2, -0.15) is 0 Å². The number of ketones is 3. The van der Waals surface area contributed by atoms with Crippen LogP contribution in [-0.4, -0.2) is 35.6 Å². The smallest absolute Gasteiger partial charge is 0.316 e. The zero-order valence-electron chi connectivity index (χ0n) is 12.8. The summed E-state index contributed by atoms with van der Waals surface area (Å²) in [7, 11) is 1.17. The molecule has 0 spiro atoms. The second-order valence-electron chi connectivity index (χ2n) is 6.12. The molecule has 1 heterocycles. The van der Waals surface area contributed by atoms with Crippen molar-refractivity contribution in [1.29, 1.82) is 0 Å². The molecule has 7 heteroatoms. The van der Waals surface area contributed by atoms with Crippen molar-refractivity contribution < 1.29 is 28.4 Å². The first-order valence-corrected chi connectivity index (χ1v) is 6.81. The van der Waals surface area contributed by atoms with Crippen molar-refractivity contribution in [3.05, 3.63) is 17.5 Å². The topological polar surface area (TPSA) is 104 Å². The highest BCUT2D eigenvalue weighted by Crippen LogP contribution is 2.40. The zero-order valence-corrected chi connectivity index (χ0v) is 12.8. The maximum Gasteiger partial charge on any atom is 0.316 e. The Balaban J connectivity index is 2.40. The number of carbonyl (C=O) groups excluding carboxylic acids is 4. The van der Waals surface area contributed by atoms with Crippen LogP contribution in [0, 0.1) is 24.2 Å². The van der Waals surface area contributed by atoms with Crippen molar-refractivity contribution in [2.45, 2.75) is 27.2 Å². The van der Waals surface area contributed by atoms with Crippen LogP contribution in [-0.2, 0) is 19.1 Å². The standard InChI is InChI=1S/C15H17NO6/c1-7-5-9(22-16-7)12(18)10-8(17)6-15(2,3)11(13(10)19)14(20)21-4/h5,10-11H,6H2,1-4H3/t10-,11-/m1/s1. The van der Waals surface area contributed by atoms with Crippen molar-refractivity contribution in [2.24, 2.45) is 17.3 Å². The fraction of sp³-hybridized carbons (Fsp3) is 0.533. The maximum absolute atomic E-state index is 12.6. The molecule has 0 saturated heterocycles. The summed E-state index contributed by atoms with van der Waals surface area (Å²) >= 11 is 0. The van der Waals surface area contributed by atoms with Gasteiger partial charge >= 0.3 is 5.97 Å². The van der Waals surface area contributed by atoms with Crippen LogP contribution in [0.5, 0.6) is 0 Å². The number of methoxy groups -OCH3 is 1. The number of aryl methyl sites for hydroxylation is 1. The van der Waals surface area contributed by atoms with Gasteiger partial charge in [-0.3, -0.25) is 19.2 Å². The minimum Gasteiger partial charge on any atom is -0.468 e. The molecular formula is C15H17NO6. The van der Waals surface area contributed by atoms with Gasteiger partial charge < -0.3 is 9.26 Å². The molecule has 1 fully saturated rings. The van der Waals surface area contributed by atoms with Gasteiger partial charge in [0.1, 0.15) is 11.8 Å². The van der Waals surface area contributed by atoms with Gasteiger partial charge in [0.25, 0.3) is 0 Å². The fourth-order valence-electron chi connectivity index (χ4n) is 2.81. The van der Waals surface area contributed by atoms with Crippen molar-refractivity contribution in [1.82, 2.24) is 5.16 Å². The van der Waals surface area contributed by atoms with E-state index in [9.17, 15) is 19.2 Å². The molecule has 0 unspecified atom stereocenters. The molecule has 1 aromatic heterocycles. The number of esters is 1. The van der Waals surface area contributed by atoms with Gasteiger partial charge in [-0.05, 0) is 12.3 Å². The van der Waals surface area contributed by atoms with E-state index in [4.69, 9.17) is 4.52 Å². The maximum atomic E-state index is 12.6. The fourth-order valence-corrected chi connectivity index (χ4v) is 2.81. The first-order chi connectivity index (χ1) is 10.2. The van der Waals surface area contributed by atoms with Gasteiger partial charge in [-0.15, -0.1) is 0 Å². The number of carbonyl (C=O) groups is 4. The summed E-state index contributed by atoms with van der Waals surface area (Å²) in [4.78, 5) is 49.1. The normalized spacial score (nSPS) is 24.2. The van der Waals surface area contributed by atoms with Gasteiger partial charge in [0.05, 0.1) is 12.8 Å². The minimum atomic E-state index is -1.54. The van der Waals surface area contributed by atoms with E-state index >= 15 is 0 Å². The van der Waals surface area contributed by atoms with Gasteiger partial charge in [0.2, 0.25) is 11.5 Å². The first-order valence-electron chi connectivity index (χ1n) is 6.81. The molecule has 1 saturated carbocycles. The minimum absolute atomic E-state index is 0.0674. The van der Waals surface area contributed by atoms with Crippen LogP contribution in [0.4, 0.5) is 0 Å². The predicted molar refractivity (Wildman–Crippen MR) is 73.0 cm³/mol. The van der Waals surface area contributed by atoms with Crippen LogP contribution >= 0.6 is 0 Å². The molecule has 1 aromatic rings. The molecule has 0 N–H and O–H groups in total. The van der Waals surface area contributed by atoms with Crippen LogP contribution in [0.15, 0.2) is 10.6 Å². The first kappa shape index (κ1) is 16.1. The number of nitrogens with zero attached hydrogens (tertiary/aromatic N) is 1. The second-order valence-corrected chi connectivity index (χ2v) is 6.12. The van der Waals surface area contributed by atoms with E-state index in [1.807, 2.05) is 0 Å². The van der Waals surface area contributed by atoms with Gasteiger partial charge in [-0.25, -0.2) is 0 Å². The molecular weight excluding hydrogens is 290 g/mol. The van der Waals surface area contributed by atoms with E-state index in [1.54, 1.807) is 20.8 Å². The summed E-state index contributed by atoms with van der Waals surface area (Å²) in [5, 5.41) is 3.57. The Labute approximate surface area is 127 Å². The van der Waals surface area contributed by atoms with Gasteiger partial charge in [0.15, 0.2) is 11.6 Å². The van der Waals surface area contributed by atoms with E-state index in [0.29, 0.717) is 5.69 Å². The summed E-state index contributed by atoms with van der Waals surface area (Å²) in [6.45, 7) is 4.87. The van der Waals surface area contributed by atoms with Crippen LogP contribution in [0.25, 0.3) is 0 Å². The Kier molecular flexibility index (Phi) is 4.00. The summed E-state index contributed by atoms with van der Waals surface area (Å²) in [5.41, 5.74) is -0.432. The Bertz CT molecular complexity index is 657. The van der Waals surface area contributed by atoms with Crippen LogP contribution in [0.2, 0.25) is 0 Å². The monoisotopic (exact) mass is 307 g/mol. The number of hydrogen-bond acceptors (Lipinski definition) is 7. The molecule has 1 aliphatic carbocycles. The third-order valence-corrected chi connectivity index (χ3v) is 3.87. The summed E-state index contributed by atoms with van der Waals surface area (Å²) < 4.78 is 9.48. The van der Waals surface area contributed by atoms with Crippen LogP contribution < -0.4 is 0 Å². The highest BCUT2D eigenvalue weighted by Gasteiger charge is 2.54. The lowest BCUT2D eigenvalue weighted by Gasteiger charge is -2.37. The number of aromatic nitrogens is 1. The number of ether oxygens (including phenoxy) is 1. The van der Waals surface area contributed by atoms with E-state index in [-0.39, 0.29) is 12.2 Å². The zero-order chi connectivity index (χ0) is 16.7. The lowest BCUT2D eigenvalue weighted by atomic mass is 9.63. The predicted octanol–water partition coefficient (Wildman–Crippen LogP) is 1.14. The Morgan fingerprint density at radius 1 is 1.36 bits per heavy atom. The SMILES string of the molecule is COC(=O)[C@H]1C(=O)[C@@H](C(=O)c2cc(C)no2)C(=O)CC1(C)C. The average Bonchev–Trinajstić information content (AvgIpc) is 2.83. The summed E-state index contributed by atoms with van der Waals surface area (Å²) in [5.74, 6) is -5.62. The molecule has 2 rings (SSSR count). The van der Waals surface area contributed by atoms with E-state index < -0.39 is 40.6 Å². The van der Waals surface area contributed by atoms with Gasteiger partial charge in [0, 0.05) is 12.5 Å². The molecule has 7 nitrogen and oxygen atoms in total. The van der Waals surface area contributed by atoms with Crippen molar-refractivity contribution in [2.75, 3.05) is 7.11 Å². The molecule has 0 radical (unpaired) electrons. The number of rotatable bonds is 3. The van der Waals surface area contributed by atoms with E-state index in [1.165, 1.54) is 13.2 Å². The molecule has 0 aromatic carbocycles. The van der Waals surface area contributed by atoms with Crippen molar-refractivity contribution in [3.8, 4) is 0 Å². The molecule has 0 amide bonds. The Morgan fingerprint density at radius 3 is 2.50 bits per heavy atom. The average molecular weight is 307 g/mol. The Hall–Kier alpha value is -2.31. The molecule has 118 valence electrons. The van der Waals surface area contributed by atoms with E-state index in [2.05, 4.69) is 9.89 Å². The molecule has 2 atom stereocenters. The van der Waals surface area contributed by atoms with Crippen LogP contribution in [0.1, 0.15) is 36.5 Å². The third-order valence-electron chi connectivity index (χ3n) is 3.87. The Morgan fingerprint density at radius 2 is 2.00 bits per heavy atom. The highest BCUT2D eigenvalue weighted by molar-refractivity contribution is 6.28. The highest BCUT2D eigenvalue weighted by atomic mass is 16.5. The van der Waals surface area contributed by atoms with E-state index in [0.717, 1.165) is 0 Å². The van der Waals surface area contributed by atoms with Crippen molar-refractivity contribution in [3.63, 3.8) is 0 Å². The third kappa shape index (κ3) is 2.58. The largest absolute Gasteiger partial charge is 0.468 e. The second kappa shape index (κ2) is 5.47. The molecule has 0 bridgehead atoms. The van der Waals surface area contributed by atoms with Gasteiger partial charge in [-0.1, -0.05) is 19.0 Å². The lowest BCUT2D eigenvalue weighted by Crippen LogP contribution is -2.51. The number of hydrogen-bond donors (Lipinski definition) is 0. The lowest BCUT2D eigenvalue weighted by molar-refractivity contribution is -0.159. The molecule has 1 aliphatic rings. The molecule has 0 aliphatic heterocycles. The number of Topliss-reactive ketones (excluding diaryl/α,β-unsaturated/α-hetero) is 3. The molecule has 22 heavy (non-hydrogen) atoms. The quantitative estimate of drug-likeness (QED) is 0.468.